The van der Waals surface area contributed by atoms with Gasteiger partial charge in [0, 0.05) is 44.3 Å². The minimum Gasteiger partial charge on any atom is -0.416 e. The van der Waals surface area contributed by atoms with E-state index >= 15 is 0 Å². The minimum atomic E-state index is 0.494. The molecular formula is C42H28N4O. The van der Waals surface area contributed by atoms with E-state index in [0.29, 0.717) is 11.8 Å². The van der Waals surface area contributed by atoms with Crippen molar-refractivity contribution < 1.29 is 4.42 Å². The van der Waals surface area contributed by atoms with Crippen LogP contribution in [0.15, 0.2) is 174 Å². The predicted molar refractivity (Wildman–Crippen MR) is 192 cm³/mol. The number of aromatic nitrogens is 3. The lowest BCUT2D eigenvalue weighted by Crippen LogP contribution is -2.10. The van der Waals surface area contributed by atoms with Crippen LogP contribution in [0.1, 0.15) is 0 Å². The Balaban J connectivity index is 1.17. The highest BCUT2D eigenvalue weighted by atomic mass is 16.4. The summed E-state index contributed by atoms with van der Waals surface area (Å²) in [5.41, 5.74) is 8.48. The lowest BCUT2D eigenvalue weighted by Gasteiger charge is -2.27. The Hall–Kier alpha value is -6.46. The van der Waals surface area contributed by atoms with E-state index in [0.717, 1.165) is 44.6 Å². The first-order valence-electron chi connectivity index (χ1n) is 15.7. The van der Waals surface area contributed by atoms with Gasteiger partial charge in [0.25, 0.3) is 0 Å². The molecule has 0 radical (unpaired) electrons. The molecule has 0 aliphatic heterocycles. The molecule has 5 heteroatoms. The van der Waals surface area contributed by atoms with Crippen molar-refractivity contribution in [1.82, 2.24) is 14.8 Å². The quantitative estimate of drug-likeness (QED) is 0.189. The average Bonchev–Trinajstić information content (AvgIpc) is 3.77. The smallest absolute Gasteiger partial charge is 0.248 e. The zero-order chi connectivity index (χ0) is 31.2. The third-order valence-corrected chi connectivity index (χ3v) is 8.78. The largest absolute Gasteiger partial charge is 0.416 e. The summed E-state index contributed by atoms with van der Waals surface area (Å²) >= 11 is 0. The Morgan fingerprint density at radius 3 is 1.70 bits per heavy atom. The van der Waals surface area contributed by atoms with E-state index in [4.69, 9.17) is 4.42 Å². The third kappa shape index (κ3) is 4.56. The molecule has 0 N–H and O–H groups in total. The molecule has 0 saturated carbocycles. The van der Waals surface area contributed by atoms with Gasteiger partial charge in [-0.05, 0) is 78.2 Å². The van der Waals surface area contributed by atoms with Crippen LogP contribution < -0.4 is 4.90 Å². The summed E-state index contributed by atoms with van der Waals surface area (Å²) in [4.78, 5) is 2.31. The van der Waals surface area contributed by atoms with Crippen molar-refractivity contribution in [3.63, 3.8) is 0 Å². The second kappa shape index (κ2) is 11.2. The van der Waals surface area contributed by atoms with Gasteiger partial charge in [-0.2, -0.15) is 0 Å². The van der Waals surface area contributed by atoms with E-state index < -0.39 is 0 Å². The molecule has 7 aromatic carbocycles. The first-order valence-corrected chi connectivity index (χ1v) is 15.7. The second-order valence-electron chi connectivity index (χ2n) is 11.5. The molecule has 2 heterocycles. The molecule has 0 fully saturated rings. The van der Waals surface area contributed by atoms with Gasteiger partial charge in [0.15, 0.2) is 0 Å². The van der Waals surface area contributed by atoms with E-state index in [2.05, 4.69) is 147 Å². The molecule has 0 amide bonds. The van der Waals surface area contributed by atoms with Crippen molar-refractivity contribution >= 4 is 49.6 Å². The monoisotopic (exact) mass is 604 g/mol. The molecule has 9 rings (SSSR count). The molecule has 9 aromatic rings. The third-order valence-electron chi connectivity index (χ3n) is 8.78. The van der Waals surface area contributed by atoms with E-state index in [1.54, 1.807) is 0 Å². The summed E-state index contributed by atoms with van der Waals surface area (Å²) in [6.45, 7) is 0. The lowest BCUT2D eigenvalue weighted by molar-refractivity contribution is 0.585. The van der Waals surface area contributed by atoms with Crippen LogP contribution in [0.4, 0.5) is 17.1 Å². The van der Waals surface area contributed by atoms with Gasteiger partial charge in [0.2, 0.25) is 11.8 Å². The van der Waals surface area contributed by atoms with Gasteiger partial charge in [-0.25, -0.2) is 0 Å². The summed E-state index contributed by atoms with van der Waals surface area (Å²) in [5.74, 6) is 0.997. The van der Waals surface area contributed by atoms with Crippen molar-refractivity contribution in [1.29, 1.82) is 0 Å². The molecular weight excluding hydrogens is 576 g/mol. The summed E-state index contributed by atoms with van der Waals surface area (Å²) in [5, 5.41) is 13.4. The first-order chi connectivity index (χ1) is 23.3. The minimum absolute atomic E-state index is 0.494. The van der Waals surface area contributed by atoms with Gasteiger partial charge in [-0.3, -0.25) is 0 Å². The number of rotatable bonds is 6. The Bertz CT molecular complexity index is 2460. The fourth-order valence-electron chi connectivity index (χ4n) is 6.66. The SMILES string of the molecule is c1ccc(-c2nnc(-c3cccc4c(N(c5ccccc5)c5ccc(-n6c7ccccc7c7ccccc76)cc5)cccc34)o2)cc1. The molecule has 0 saturated heterocycles. The fourth-order valence-corrected chi connectivity index (χ4v) is 6.66. The molecule has 0 aliphatic carbocycles. The normalized spacial score (nSPS) is 11.4. The Morgan fingerprint density at radius 1 is 0.426 bits per heavy atom. The number of hydrogen-bond donors (Lipinski definition) is 0. The van der Waals surface area contributed by atoms with E-state index in [1.165, 1.54) is 21.8 Å². The molecule has 47 heavy (non-hydrogen) atoms. The van der Waals surface area contributed by atoms with Crippen LogP contribution in [0, 0.1) is 0 Å². The van der Waals surface area contributed by atoms with Crippen molar-refractivity contribution in [3.05, 3.63) is 170 Å². The maximum absolute atomic E-state index is 6.20. The molecule has 0 unspecified atom stereocenters. The van der Waals surface area contributed by atoms with Crippen molar-refractivity contribution in [2.45, 2.75) is 0 Å². The average molecular weight is 605 g/mol. The van der Waals surface area contributed by atoms with Crippen LogP contribution in [0.2, 0.25) is 0 Å². The predicted octanol–water partition coefficient (Wildman–Crippen LogP) is 11.1. The molecule has 0 aliphatic rings. The summed E-state index contributed by atoms with van der Waals surface area (Å²) in [6, 6.07) is 59.1. The number of anilines is 3. The highest BCUT2D eigenvalue weighted by Gasteiger charge is 2.19. The van der Waals surface area contributed by atoms with Gasteiger partial charge in [0.1, 0.15) is 0 Å². The highest BCUT2D eigenvalue weighted by Crippen LogP contribution is 2.42. The van der Waals surface area contributed by atoms with Crippen LogP contribution in [-0.4, -0.2) is 14.8 Å². The molecule has 0 bridgehead atoms. The first kappa shape index (κ1) is 26.9. The fraction of sp³-hybridized carbons (Fsp3) is 0. The lowest BCUT2D eigenvalue weighted by atomic mass is 10.0. The Labute approximate surface area is 271 Å². The van der Waals surface area contributed by atoms with Gasteiger partial charge in [-0.15, -0.1) is 10.2 Å². The van der Waals surface area contributed by atoms with Gasteiger partial charge < -0.3 is 13.9 Å². The maximum atomic E-state index is 6.20. The van der Waals surface area contributed by atoms with Crippen LogP contribution >= 0.6 is 0 Å². The van der Waals surface area contributed by atoms with Crippen LogP contribution in [-0.2, 0) is 0 Å². The van der Waals surface area contributed by atoms with Crippen molar-refractivity contribution in [3.8, 4) is 28.6 Å². The molecule has 2 aromatic heterocycles. The van der Waals surface area contributed by atoms with Crippen LogP contribution in [0.5, 0.6) is 0 Å². The number of nitrogens with zero attached hydrogens (tertiary/aromatic N) is 4. The number of benzene rings is 7. The van der Waals surface area contributed by atoms with Crippen LogP contribution in [0.25, 0.3) is 61.2 Å². The van der Waals surface area contributed by atoms with Gasteiger partial charge in [0.05, 0.1) is 16.7 Å². The zero-order valence-electron chi connectivity index (χ0n) is 25.4. The van der Waals surface area contributed by atoms with Crippen LogP contribution in [0.3, 0.4) is 0 Å². The van der Waals surface area contributed by atoms with E-state index in [1.807, 2.05) is 42.5 Å². The molecule has 5 nitrogen and oxygen atoms in total. The Morgan fingerprint density at radius 2 is 0.979 bits per heavy atom. The molecule has 0 atom stereocenters. The van der Waals surface area contributed by atoms with E-state index in [-0.39, 0.29) is 0 Å². The van der Waals surface area contributed by atoms with Crippen molar-refractivity contribution in [2.24, 2.45) is 0 Å². The molecule has 222 valence electrons. The highest BCUT2D eigenvalue weighted by molar-refractivity contribution is 6.09. The van der Waals surface area contributed by atoms with E-state index in [9.17, 15) is 0 Å². The summed E-state index contributed by atoms with van der Waals surface area (Å²) in [7, 11) is 0. The number of fused-ring (bicyclic) bond motifs is 4. The van der Waals surface area contributed by atoms with Gasteiger partial charge >= 0.3 is 0 Å². The second-order valence-corrected chi connectivity index (χ2v) is 11.5. The maximum Gasteiger partial charge on any atom is 0.248 e. The zero-order valence-corrected chi connectivity index (χ0v) is 25.4. The summed E-state index contributed by atoms with van der Waals surface area (Å²) in [6.07, 6.45) is 0. The van der Waals surface area contributed by atoms with Gasteiger partial charge in [-0.1, -0.05) is 97.1 Å². The summed E-state index contributed by atoms with van der Waals surface area (Å²) < 4.78 is 8.55. The topological polar surface area (TPSA) is 47.1 Å². The van der Waals surface area contributed by atoms with Crippen molar-refractivity contribution in [2.75, 3.05) is 4.90 Å². The standard InChI is InChI=1S/C42H28N4O/c1-3-13-29(14-4-1)41-43-44-42(47-41)37-21-11-20-34-33(37)19-12-24-38(34)45(30-15-5-2-6-16-30)31-25-27-32(28-26-31)46-39-22-9-7-17-35(39)36-18-8-10-23-40(36)46/h1-28H. The number of hydrogen-bond acceptors (Lipinski definition) is 4. The Kier molecular flexibility index (Phi) is 6.39. The number of para-hydroxylation sites is 3. The molecule has 0 spiro atoms.